The van der Waals surface area contributed by atoms with Crippen molar-refractivity contribution in [2.24, 2.45) is 0 Å². The lowest BCUT2D eigenvalue weighted by molar-refractivity contribution is 0.00578. The summed E-state index contributed by atoms with van der Waals surface area (Å²) < 4.78 is 11.9. The number of benzene rings is 1. The summed E-state index contributed by atoms with van der Waals surface area (Å²) in [6, 6.07) is 5.55. The quantitative estimate of drug-likeness (QED) is 0.543. The van der Waals surface area contributed by atoms with Crippen LogP contribution in [0.5, 0.6) is 5.75 Å². The summed E-state index contributed by atoms with van der Waals surface area (Å²) in [6.07, 6.45) is 11.7. The lowest BCUT2D eigenvalue weighted by Crippen LogP contribution is -2.33. The van der Waals surface area contributed by atoms with Crippen molar-refractivity contribution in [3.8, 4) is 11.8 Å². The minimum absolute atomic E-state index is 0.151. The minimum Gasteiger partial charge on any atom is -0.484 e. The lowest BCUT2D eigenvalue weighted by atomic mass is 10.0. The molecule has 5 heteroatoms. The Kier molecular flexibility index (Phi) is 10.3. The van der Waals surface area contributed by atoms with Gasteiger partial charge in [-0.3, -0.25) is 0 Å². The van der Waals surface area contributed by atoms with Crippen LogP contribution in [0.1, 0.15) is 24.0 Å². The van der Waals surface area contributed by atoms with Crippen LogP contribution in [-0.2, 0) is 11.3 Å². The molecule has 144 valence electrons. The van der Waals surface area contributed by atoms with Gasteiger partial charge in [-0.1, -0.05) is 49.6 Å². The number of hydrogen-bond donors (Lipinski definition) is 2. The van der Waals surface area contributed by atoms with E-state index in [2.05, 4.69) is 24.5 Å². The van der Waals surface area contributed by atoms with Crippen LogP contribution in [0.2, 0.25) is 0 Å². The van der Waals surface area contributed by atoms with E-state index < -0.39 is 0 Å². The van der Waals surface area contributed by atoms with E-state index in [1.54, 1.807) is 38.4 Å². The molecule has 0 aromatic heterocycles. The molecule has 0 heterocycles. The van der Waals surface area contributed by atoms with Gasteiger partial charge in [-0.2, -0.15) is 5.26 Å². The predicted molar refractivity (Wildman–Crippen MR) is 110 cm³/mol. The number of nitriles is 1. The van der Waals surface area contributed by atoms with Crippen molar-refractivity contribution < 1.29 is 14.6 Å². The lowest BCUT2D eigenvalue weighted by Gasteiger charge is -2.27. The van der Waals surface area contributed by atoms with E-state index in [4.69, 9.17) is 9.47 Å². The second kappa shape index (κ2) is 12.5. The molecule has 2 N–H and O–H groups in total. The fourth-order valence-electron chi connectivity index (χ4n) is 2.62. The average Bonchev–Trinajstić information content (AvgIpc) is 2.70. The van der Waals surface area contributed by atoms with Gasteiger partial charge in [0, 0.05) is 20.6 Å². The van der Waals surface area contributed by atoms with Gasteiger partial charge in [-0.15, -0.1) is 0 Å². The Labute approximate surface area is 161 Å². The molecule has 0 saturated heterocycles. The standard InChI is InChI=1S/C22H28N2O3/c1-5-7-9-11-20(26-4)21(12-10-8-6-2)27-22-18(15-23)13-17(16-25)14-19(22)24-3/h5-10,13-14,20-21,24-25H,1-2,11-12,16H2,3-4H3/b9-7-,10-8-/t20-,21?/m1/s1. The van der Waals surface area contributed by atoms with Gasteiger partial charge in [-0.05, 0) is 24.1 Å². The van der Waals surface area contributed by atoms with Gasteiger partial charge in [0.25, 0.3) is 0 Å². The summed E-state index contributed by atoms with van der Waals surface area (Å²) in [6.45, 7) is 7.21. The molecule has 0 spiro atoms. The molecular weight excluding hydrogens is 340 g/mol. The summed E-state index contributed by atoms with van der Waals surface area (Å²) in [4.78, 5) is 0. The van der Waals surface area contributed by atoms with Gasteiger partial charge in [0.1, 0.15) is 12.2 Å². The Balaban J connectivity index is 3.25. The topological polar surface area (TPSA) is 74.5 Å². The number of allylic oxidation sites excluding steroid dienone is 4. The third-order valence-electron chi connectivity index (χ3n) is 3.99. The summed E-state index contributed by atoms with van der Waals surface area (Å²) in [5, 5.41) is 22.0. The van der Waals surface area contributed by atoms with Crippen LogP contribution in [0.4, 0.5) is 5.69 Å². The number of nitrogens with zero attached hydrogens (tertiary/aromatic N) is 1. The molecule has 1 aromatic carbocycles. The molecule has 1 unspecified atom stereocenters. The second-order valence-electron chi connectivity index (χ2n) is 5.77. The van der Waals surface area contributed by atoms with Crippen molar-refractivity contribution in [3.63, 3.8) is 0 Å². The highest BCUT2D eigenvalue weighted by Gasteiger charge is 2.24. The first-order valence-corrected chi connectivity index (χ1v) is 8.75. The number of aliphatic hydroxyl groups excluding tert-OH is 1. The molecule has 1 aromatic rings. The van der Waals surface area contributed by atoms with Crippen molar-refractivity contribution in [2.75, 3.05) is 19.5 Å². The largest absolute Gasteiger partial charge is 0.484 e. The summed E-state index contributed by atoms with van der Waals surface area (Å²) in [7, 11) is 3.39. The normalized spacial score (nSPS) is 13.3. The van der Waals surface area contributed by atoms with Crippen molar-refractivity contribution in [3.05, 3.63) is 72.9 Å². The number of nitrogens with one attached hydrogen (secondary N) is 1. The Bertz CT molecular complexity index is 717. The Hall–Kier alpha value is -2.81. The summed E-state index contributed by atoms with van der Waals surface area (Å²) in [5.74, 6) is 0.448. The summed E-state index contributed by atoms with van der Waals surface area (Å²) in [5.41, 5.74) is 1.65. The van der Waals surface area contributed by atoms with Crippen LogP contribution in [0, 0.1) is 11.3 Å². The molecule has 0 radical (unpaired) electrons. The van der Waals surface area contributed by atoms with E-state index in [-0.39, 0.29) is 18.8 Å². The monoisotopic (exact) mass is 368 g/mol. The fraction of sp³-hybridized carbons (Fsp3) is 0.318. The first-order chi connectivity index (χ1) is 13.1. The van der Waals surface area contributed by atoms with Crippen molar-refractivity contribution >= 4 is 5.69 Å². The number of aliphatic hydroxyl groups is 1. The maximum Gasteiger partial charge on any atom is 0.160 e. The Morgan fingerprint density at radius 1 is 1.19 bits per heavy atom. The number of anilines is 1. The molecule has 0 aliphatic heterocycles. The molecule has 0 aliphatic rings. The van der Waals surface area contributed by atoms with Crippen molar-refractivity contribution in [1.29, 1.82) is 5.26 Å². The molecule has 0 amide bonds. The molecule has 5 nitrogen and oxygen atoms in total. The van der Waals surface area contributed by atoms with E-state index in [1.165, 1.54) is 0 Å². The van der Waals surface area contributed by atoms with Gasteiger partial charge in [0.05, 0.1) is 24.0 Å². The van der Waals surface area contributed by atoms with Crippen LogP contribution < -0.4 is 10.1 Å². The van der Waals surface area contributed by atoms with Gasteiger partial charge in [0.15, 0.2) is 5.75 Å². The molecule has 0 fully saturated rings. The van der Waals surface area contributed by atoms with E-state index in [1.807, 2.05) is 24.3 Å². The van der Waals surface area contributed by atoms with Crippen molar-refractivity contribution in [1.82, 2.24) is 0 Å². The smallest absolute Gasteiger partial charge is 0.160 e. The van der Waals surface area contributed by atoms with E-state index in [0.29, 0.717) is 35.4 Å². The van der Waals surface area contributed by atoms with Crippen LogP contribution >= 0.6 is 0 Å². The van der Waals surface area contributed by atoms with Crippen molar-refractivity contribution in [2.45, 2.75) is 31.7 Å². The van der Waals surface area contributed by atoms with Crippen LogP contribution in [0.15, 0.2) is 61.7 Å². The highest BCUT2D eigenvalue weighted by atomic mass is 16.5. The zero-order chi connectivity index (χ0) is 20.1. The maximum absolute atomic E-state index is 9.53. The van der Waals surface area contributed by atoms with Crippen LogP contribution in [0.3, 0.4) is 0 Å². The maximum atomic E-state index is 9.53. The molecule has 2 atom stereocenters. The Morgan fingerprint density at radius 3 is 2.30 bits per heavy atom. The second-order valence-corrected chi connectivity index (χ2v) is 5.77. The first kappa shape index (κ1) is 22.2. The zero-order valence-electron chi connectivity index (χ0n) is 16.0. The van der Waals surface area contributed by atoms with Crippen LogP contribution in [-0.4, -0.2) is 31.5 Å². The third kappa shape index (κ3) is 6.78. The SMILES string of the molecule is C=C/C=C\CC(Oc1c(C#N)cc(CO)cc1NC)[C@@H](C/C=C\C=C)OC. The van der Waals surface area contributed by atoms with Gasteiger partial charge < -0.3 is 19.9 Å². The zero-order valence-corrected chi connectivity index (χ0v) is 16.0. The third-order valence-corrected chi connectivity index (χ3v) is 3.99. The van der Waals surface area contributed by atoms with E-state index in [0.717, 1.165) is 0 Å². The molecular formula is C22H28N2O3. The Morgan fingerprint density at radius 2 is 1.81 bits per heavy atom. The summed E-state index contributed by atoms with van der Waals surface area (Å²) >= 11 is 0. The highest BCUT2D eigenvalue weighted by Crippen LogP contribution is 2.33. The number of hydrogen-bond acceptors (Lipinski definition) is 5. The van der Waals surface area contributed by atoms with E-state index >= 15 is 0 Å². The molecule has 27 heavy (non-hydrogen) atoms. The highest BCUT2D eigenvalue weighted by molar-refractivity contribution is 5.65. The number of rotatable bonds is 12. The minimum atomic E-state index is -0.320. The van der Waals surface area contributed by atoms with Crippen LogP contribution in [0.25, 0.3) is 0 Å². The van der Waals surface area contributed by atoms with Gasteiger partial charge >= 0.3 is 0 Å². The number of methoxy groups -OCH3 is 1. The van der Waals surface area contributed by atoms with E-state index in [9.17, 15) is 10.4 Å². The molecule has 0 bridgehead atoms. The first-order valence-electron chi connectivity index (χ1n) is 8.75. The predicted octanol–water partition coefficient (Wildman–Crippen LogP) is 4.12. The van der Waals surface area contributed by atoms with Gasteiger partial charge in [0.2, 0.25) is 0 Å². The average molecular weight is 368 g/mol. The molecule has 0 saturated carbocycles. The number of ether oxygens (including phenoxy) is 2. The molecule has 0 aliphatic carbocycles. The van der Waals surface area contributed by atoms with Gasteiger partial charge in [-0.25, -0.2) is 0 Å². The fourth-order valence-corrected chi connectivity index (χ4v) is 2.62. The molecule has 1 rings (SSSR count).